The van der Waals surface area contributed by atoms with Crippen molar-refractivity contribution in [2.45, 2.75) is 78.1 Å². The molecule has 1 amide bonds. The first-order valence-electron chi connectivity index (χ1n) is 9.26. The van der Waals surface area contributed by atoms with Crippen LogP contribution < -0.4 is 5.32 Å². The van der Waals surface area contributed by atoms with E-state index in [4.69, 9.17) is 14.2 Å². The van der Waals surface area contributed by atoms with Gasteiger partial charge < -0.3 is 29.7 Å². The predicted octanol–water partition coefficient (Wildman–Crippen LogP) is 0.116. The zero-order chi connectivity index (χ0) is 20.7. The zero-order valence-electron chi connectivity index (χ0n) is 16.5. The van der Waals surface area contributed by atoms with Gasteiger partial charge in [0.25, 0.3) is 0 Å². The molecule has 0 bridgehead atoms. The number of amides is 1. The Kier molecular flexibility index (Phi) is 9.14. The van der Waals surface area contributed by atoms with Crippen LogP contribution >= 0.6 is 0 Å². The molecule has 0 radical (unpaired) electrons. The minimum Gasteiger partial charge on any atom is -0.463 e. The molecule has 0 saturated carbocycles. The van der Waals surface area contributed by atoms with Gasteiger partial charge in [0.15, 0.2) is 12.4 Å². The maximum Gasteiger partial charge on any atom is 0.308 e. The SMILES string of the molecule is CCCC(=O)N[C@H]1C(O)O[C@H](COC(=O)C(C)C)[C@@H](OC(=O)C(C)C)[C@@H]1O. The Bertz CT molecular complexity index is 521. The Hall–Kier alpha value is -1.71. The van der Waals surface area contributed by atoms with E-state index in [-0.39, 0.29) is 24.9 Å². The molecule has 0 aliphatic carbocycles. The second kappa shape index (κ2) is 10.6. The molecule has 1 heterocycles. The van der Waals surface area contributed by atoms with Crippen molar-refractivity contribution in [3.8, 4) is 0 Å². The third-order valence-corrected chi connectivity index (χ3v) is 4.08. The number of ether oxygens (including phenoxy) is 3. The molecule has 1 fully saturated rings. The van der Waals surface area contributed by atoms with Crippen molar-refractivity contribution >= 4 is 17.8 Å². The second-order valence-electron chi connectivity index (χ2n) is 7.24. The highest BCUT2D eigenvalue weighted by Gasteiger charge is 2.48. The summed E-state index contributed by atoms with van der Waals surface area (Å²) in [5.41, 5.74) is 0. The average Bonchev–Trinajstić information content (AvgIpc) is 2.58. The molecule has 0 aromatic heterocycles. The van der Waals surface area contributed by atoms with Gasteiger partial charge in [-0.3, -0.25) is 14.4 Å². The van der Waals surface area contributed by atoms with Crippen LogP contribution in [-0.4, -0.2) is 65.3 Å². The molecular weight excluding hydrogens is 358 g/mol. The summed E-state index contributed by atoms with van der Waals surface area (Å²) in [7, 11) is 0. The lowest BCUT2D eigenvalue weighted by atomic mass is 9.96. The first kappa shape index (κ1) is 23.3. The Morgan fingerprint density at radius 3 is 2.19 bits per heavy atom. The Labute approximate surface area is 159 Å². The highest BCUT2D eigenvalue weighted by Crippen LogP contribution is 2.24. The number of hydrogen-bond donors (Lipinski definition) is 3. The van der Waals surface area contributed by atoms with E-state index in [1.807, 2.05) is 6.92 Å². The maximum absolute atomic E-state index is 12.0. The van der Waals surface area contributed by atoms with E-state index in [1.54, 1.807) is 27.7 Å². The Balaban J connectivity index is 2.93. The molecular formula is C18H31NO8. The van der Waals surface area contributed by atoms with E-state index >= 15 is 0 Å². The number of esters is 2. The van der Waals surface area contributed by atoms with Crippen LogP contribution in [0.2, 0.25) is 0 Å². The Morgan fingerprint density at radius 1 is 1.07 bits per heavy atom. The van der Waals surface area contributed by atoms with Gasteiger partial charge in [-0.25, -0.2) is 0 Å². The van der Waals surface area contributed by atoms with Gasteiger partial charge in [-0.1, -0.05) is 34.6 Å². The van der Waals surface area contributed by atoms with E-state index in [2.05, 4.69) is 5.32 Å². The number of aliphatic hydroxyl groups excluding tert-OH is 2. The highest BCUT2D eigenvalue weighted by molar-refractivity contribution is 5.76. The third kappa shape index (κ3) is 6.75. The fraction of sp³-hybridized carbons (Fsp3) is 0.833. The summed E-state index contributed by atoms with van der Waals surface area (Å²) in [4.78, 5) is 35.6. The summed E-state index contributed by atoms with van der Waals surface area (Å²) >= 11 is 0. The smallest absolute Gasteiger partial charge is 0.308 e. The number of nitrogens with one attached hydrogen (secondary N) is 1. The van der Waals surface area contributed by atoms with Crippen molar-refractivity contribution in [3.05, 3.63) is 0 Å². The molecule has 0 aromatic rings. The van der Waals surface area contributed by atoms with Crippen molar-refractivity contribution in [1.82, 2.24) is 5.32 Å². The molecule has 9 heteroatoms. The van der Waals surface area contributed by atoms with Gasteiger partial charge in [0.05, 0.1) is 11.8 Å². The first-order valence-corrected chi connectivity index (χ1v) is 9.26. The summed E-state index contributed by atoms with van der Waals surface area (Å²) in [6.45, 7) is 8.07. The van der Waals surface area contributed by atoms with Crippen LogP contribution in [0.4, 0.5) is 0 Å². The van der Waals surface area contributed by atoms with Crippen LogP contribution in [0.25, 0.3) is 0 Å². The molecule has 0 aromatic carbocycles. The van der Waals surface area contributed by atoms with E-state index in [0.29, 0.717) is 6.42 Å². The first-order chi connectivity index (χ1) is 12.6. The van der Waals surface area contributed by atoms with E-state index in [9.17, 15) is 24.6 Å². The fourth-order valence-corrected chi connectivity index (χ4v) is 2.46. The van der Waals surface area contributed by atoms with E-state index in [0.717, 1.165) is 0 Å². The lowest BCUT2D eigenvalue weighted by molar-refractivity contribution is -0.262. The number of carbonyl (C=O) groups is 3. The summed E-state index contributed by atoms with van der Waals surface area (Å²) in [5.74, 6) is -2.28. The topological polar surface area (TPSA) is 131 Å². The van der Waals surface area contributed by atoms with Crippen LogP contribution in [0.1, 0.15) is 47.5 Å². The highest BCUT2D eigenvalue weighted by atomic mass is 16.7. The van der Waals surface area contributed by atoms with Crippen molar-refractivity contribution in [2.75, 3.05) is 6.61 Å². The van der Waals surface area contributed by atoms with Gasteiger partial charge in [0.2, 0.25) is 5.91 Å². The molecule has 27 heavy (non-hydrogen) atoms. The fourth-order valence-electron chi connectivity index (χ4n) is 2.46. The van der Waals surface area contributed by atoms with Crippen molar-refractivity contribution in [2.24, 2.45) is 11.8 Å². The predicted molar refractivity (Wildman–Crippen MR) is 94.2 cm³/mol. The van der Waals surface area contributed by atoms with Crippen molar-refractivity contribution < 1.29 is 38.8 Å². The lowest BCUT2D eigenvalue weighted by Crippen LogP contribution is -2.65. The molecule has 1 unspecified atom stereocenters. The molecule has 1 saturated heterocycles. The molecule has 3 N–H and O–H groups in total. The Morgan fingerprint density at radius 2 is 1.67 bits per heavy atom. The average molecular weight is 389 g/mol. The maximum atomic E-state index is 12.0. The molecule has 9 nitrogen and oxygen atoms in total. The number of aliphatic hydroxyl groups is 2. The minimum atomic E-state index is -1.54. The summed E-state index contributed by atoms with van der Waals surface area (Å²) < 4.78 is 15.8. The monoisotopic (exact) mass is 389 g/mol. The lowest BCUT2D eigenvalue weighted by Gasteiger charge is -2.42. The number of rotatable bonds is 8. The van der Waals surface area contributed by atoms with Gasteiger partial charge in [-0.15, -0.1) is 0 Å². The largest absolute Gasteiger partial charge is 0.463 e. The summed E-state index contributed by atoms with van der Waals surface area (Å²) in [5, 5.41) is 23.3. The van der Waals surface area contributed by atoms with Gasteiger partial charge in [0.1, 0.15) is 24.9 Å². The molecule has 1 aliphatic heterocycles. The molecule has 5 atom stereocenters. The van der Waals surface area contributed by atoms with Gasteiger partial charge in [-0.2, -0.15) is 0 Å². The molecule has 0 spiro atoms. The van der Waals surface area contributed by atoms with E-state index in [1.165, 1.54) is 0 Å². The third-order valence-electron chi connectivity index (χ3n) is 4.08. The normalized spacial score (nSPS) is 28.1. The zero-order valence-corrected chi connectivity index (χ0v) is 16.5. The number of carbonyl (C=O) groups excluding carboxylic acids is 3. The van der Waals surface area contributed by atoms with Crippen LogP contribution in [0.15, 0.2) is 0 Å². The summed E-state index contributed by atoms with van der Waals surface area (Å²) in [6, 6.07) is -1.17. The van der Waals surface area contributed by atoms with Gasteiger partial charge >= 0.3 is 11.9 Å². The van der Waals surface area contributed by atoms with Crippen LogP contribution in [0.3, 0.4) is 0 Å². The minimum absolute atomic E-state index is 0.210. The standard InChI is InChI=1S/C18H31NO8/c1-6-7-12(20)19-13-14(21)15(27-17(23)10(4)5)11(26-18(13)24)8-25-16(22)9(2)3/h9-11,13-15,18,21,24H,6-8H2,1-5H3,(H,19,20)/t11-,13-,14-,15-,18?/m1/s1. The van der Waals surface area contributed by atoms with Crippen molar-refractivity contribution in [1.29, 1.82) is 0 Å². The van der Waals surface area contributed by atoms with Gasteiger partial charge in [0, 0.05) is 6.42 Å². The second-order valence-corrected chi connectivity index (χ2v) is 7.24. The van der Waals surface area contributed by atoms with Crippen LogP contribution in [0, 0.1) is 11.8 Å². The number of hydrogen-bond acceptors (Lipinski definition) is 8. The van der Waals surface area contributed by atoms with E-state index < -0.39 is 48.5 Å². The van der Waals surface area contributed by atoms with Crippen molar-refractivity contribution in [3.63, 3.8) is 0 Å². The summed E-state index contributed by atoms with van der Waals surface area (Å²) in [6.07, 6.45) is -4.46. The quantitative estimate of drug-likeness (QED) is 0.499. The van der Waals surface area contributed by atoms with Gasteiger partial charge in [-0.05, 0) is 6.42 Å². The molecule has 1 rings (SSSR count). The molecule has 1 aliphatic rings. The van der Waals surface area contributed by atoms with Crippen LogP contribution in [0.5, 0.6) is 0 Å². The van der Waals surface area contributed by atoms with Crippen LogP contribution in [-0.2, 0) is 28.6 Å². The molecule has 156 valence electrons.